The normalized spacial score (nSPS) is 16.9. The van der Waals surface area contributed by atoms with Crippen LogP contribution in [0.15, 0.2) is 70.7 Å². The second kappa shape index (κ2) is 9.02. The monoisotopic (exact) mass is 564 g/mol. The lowest BCUT2D eigenvalue weighted by Gasteiger charge is -2.40. The Labute approximate surface area is 221 Å². The number of fused-ring (bicyclic) bond motifs is 1. The highest BCUT2D eigenvalue weighted by molar-refractivity contribution is 7.92. The first-order valence-electron chi connectivity index (χ1n) is 11.3. The van der Waals surface area contributed by atoms with E-state index in [2.05, 4.69) is 9.99 Å². The van der Waals surface area contributed by atoms with Crippen LogP contribution in [-0.4, -0.2) is 32.2 Å². The minimum atomic E-state index is -4.45. The van der Waals surface area contributed by atoms with Crippen LogP contribution >= 0.6 is 11.6 Å². The molecule has 0 fully saturated rings. The molecule has 12 heteroatoms. The Kier molecular flexibility index (Phi) is 6.18. The fourth-order valence-electron chi connectivity index (χ4n) is 4.28. The van der Waals surface area contributed by atoms with Crippen molar-refractivity contribution in [3.8, 4) is 16.9 Å². The number of oxime groups is 1. The Morgan fingerprint density at radius 3 is 2.29 bits per heavy atom. The van der Waals surface area contributed by atoms with Gasteiger partial charge in [-0.3, -0.25) is 4.31 Å². The first-order chi connectivity index (χ1) is 17.7. The molecule has 5 rings (SSSR count). The van der Waals surface area contributed by atoms with Gasteiger partial charge in [0.15, 0.2) is 0 Å². The summed E-state index contributed by atoms with van der Waals surface area (Å²) in [4.78, 5) is 15.9. The predicted molar refractivity (Wildman–Crippen MR) is 135 cm³/mol. The lowest BCUT2D eigenvalue weighted by Crippen LogP contribution is -2.49. The molecule has 0 spiro atoms. The Bertz CT molecular complexity index is 1590. The van der Waals surface area contributed by atoms with Gasteiger partial charge in [-0.15, -0.1) is 0 Å². The van der Waals surface area contributed by atoms with Crippen molar-refractivity contribution in [2.75, 3.05) is 10.8 Å². The minimum Gasteiger partial charge on any atom is -0.484 e. The van der Waals surface area contributed by atoms with Crippen molar-refractivity contribution in [1.82, 2.24) is 0 Å². The molecular formula is C26H20ClF3N2O5S. The van der Waals surface area contributed by atoms with E-state index >= 15 is 0 Å². The van der Waals surface area contributed by atoms with Gasteiger partial charge in [0.05, 0.1) is 34.1 Å². The number of halogens is 4. The van der Waals surface area contributed by atoms with Gasteiger partial charge in [0, 0.05) is 5.56 Å². The van der Waals surface area contributed by atoms with E-state index in [0.29, 0.717) is 22.4 Å². The van der Waals surface area contributed by atoms with E-state index in [1.807, 2.05) is 0 Å². The van der Waals surface area contributed by atoms with Gasteiger partial charge in [0.2, 0.25) is 0 Å². The zero-order valence-electron chi connectivity index (χ0n) is 20.0. The van der Waals surface area contributed by atoms with Crippen LogP contribution < -0.4 is 9.04 Å². The smallest absolute Gasteiger partial charge is 0.416 e. The average molecular weight is 565 g/mol. The molecule has 38 heavy (non-hydrogen) atoms. The van der Waals surface area contributed by atoms with E-state index in [1.165, 1.54) is 34.6 Å². The quantitative estimate of drug-likeness (QED) is 0.361. The van der Waals surface area contributed by atoms with Gasteiger partial charge >= 0.3 is 12.1 Å². The van der Waals surface area contributed by atoms with Crippen LogP contribution in [0.2, 0.25) is 5.02 Å². The summed E-state index contributed by atoms with van der Waals surface area (Å²) >= 11 is 6.36. The first kappa shape index (κ1) is 26.1. The van der Waals surface area contributed by atoms with E-state index in [0.717, 1.165) is 12.1 Å². The lowest BCUT2D eigenvalue weighted by atomic mass is 10.0. The number of alkyl halides is 3. The number of carbonyl (C=O) groups is 1. The van der Waals surface area contributed by atoms with Crippen molar-refractivity contribution in [2.24, 2.45) is 5.16 Å². The maximum Gasteiger partial charge on any atom is 0.416 e. The molecule has 0 radical (unpaired) electrons. The second-order valence-corrected chi connectivity index (χ2v) is 11.7. The van der Waals surface area contributed by atoms with Crippen molar-refractivity contribution in [3.05, 3.63) is 76.8 Å². The average Bonchev–Trinajstić information content (AvgIpc) is 3.27. The van der Waals surface area contributed by atoms with Crippen LogP contribution in [0.5, 0.6) is 5.75 Å². The van der Waals surface area contributed by atoms with Crippen molar-refractivity contribution >= 4 is 39.0 Å². The highest BCUT2D eigenvalue weighted by atomic mass is 35.5. The Balaban J connectivity index is 1.51. The molecule has 2 aliphatic heterocycles. The standard InChI is InChI=1S/C26H20ClF3N2O5S/c1-25(2)14-32(38(34,35)18-8-9-19(20(27)12-18)21-13-24(33)37-31-21)22-10-5-16(11-23(22)36-25)15-3-6-17(7-4-15)26(28,29)30/h3-12H,13-14H2,1-2H3. The molecule has 0 saturated heterocycles. The molecule has 0 amide bonds. The largest absolute Gasteiger partial charge is 0.484 e. The molecule has 7 nitrogen and oxygen atoms in total. The number of ether oxygens (including phenoxy) is 1. The summed E-state index contributed by atoms with van der Waals surface area (Å²) in [7, 11) is -4.11. The predicted octanol–water partition coefficient (Wildman–Crippen LogP) is 6.04. The molecule has 3 aromatic carbocycles. The topological polar surface area (TPSA) is 85.3 Å². The van der Waals surface area contributed by atoms with E-state index in [-0.39, 0.29) is 34.3 Å². The van der Waals surface area contributed by atoms with Crippen LogP contribution in [-0.2, 0) is 25.8 Å². The molecule has 0 atom stereocenters. The maximum atomic E-state index is 13.8. The molecule has 2 aliphatic rings. The number of carbonyl (C=O) groups excluding carboxylic acids is 1. The number of sulfonamides is 1. The highest BCUT2D eigenvalue weighted by Gasteiger charge is 2.39. The number of benzene rings is 3. The van der Waals surface area contributed by atoms with Crippen LogP contribution in [0.4, 0.5) is 18.9 Å². The molecular weight excluding hydrogens is 545 g/mol. The van der Waals surface area contributed by atoms with Crippen LogP contribution in [0.1, 0.15) is 31.4 Å². The van der Waals surface area contributed by atoms with Gasteiger partial charge in [-0.1, -0.05) is 41.0 Å². The molecule has 0 saturated carbocycles. The summed E-state index contributed by atoms with van der Waals surface area (Å²) in [5.74, 6) is -0.267. The number of rotatable bonds is 4. The van der Waals surface area contributed by atoms with Crippen molar-refractivity contribution in [2.45, 2.75) is 36.9 Å². The van der Waals surface area contributed by atoms with Gasteiger partial charge < -0.3 is 9.57 Å². The summed E-state index contributed by atoms with van der Waals surface area (Å²) < 4.78 is 73.7. The second-order valence-electron chi connectivity index (χ2n) is 9.45. The SMILES string of the molecule is CC1(C)CN(S(=O)(=O)c2ccc(C3=NOC(=O)C3)c(Cl)c2)c2ccc(-c3ccc(C(F)(F)F)cc3)cc2O1. The highest BCUT2D eigenvalue weighted by Crippen LogP contribution is 2.43. The van der Waals surface area contributed by atoms with Crippen LogP contribution in [0.25, 0.3) is 11.1 Å². The van der Waals surface area contributed by atoms with Crippen molar-refractivity contribution in [3.63, 3.8) is 0 Å². The number of hydrogen-bond donors (Lipinski definition) is 0. The molecule has 3 aromatic rings. The number of anilines is 1. The Morgan fingerprint density at radius 1 is 1.00 bits per heavy atom. The van der Waals surface area contributed by atoms with E-state index in [4.69, 9.17) is 16.3 Å². The zero-order chi connectivity index (χ0) is 27.5. The molecule has 0 aromatic heterocycles. The summed E-state index contributed by atoms with van der Waals surface area (Å²) in [6.45, 7) is 3.46. The van der Waals surface area contributed by atoms with Crippen molar-refractivity contribution < 1.29 is 36.0 Å². The number of nitrogens with zero attached hydrogens (tertiary/aromatic N) is 2. The lowest BCUT2D eigenvalue weighted by molar-refractivity contribution is -0.140. The molecule has 0 bridgehead atoms. The third-order valence-electron chi connectivity index (χ3n) is 6.09. The third kappa shape index (κ3) is 4.83. The third-order valence-corrected chi connectivity index (χ3v) is 8.16. The first-order valence-corrected chi connectivity index (χ1v) is 13.2. The van der Waals surface area contributed by atoms with Crippen LogP contribution in [0, 0.1) is 0 Å². The minimum absolute atomic E-state index is 0.00359. The van der Waals surface area contributed by atoms with E-state index in [1.54, 1.807) is 32.0 Å². The van der Waals surface area contributed by atoms with Gasteiger partial charge in [-0.25, -0.2) is 13.2 Å². The van der Waals surface area contributed by atoms with Gasteiger partial charge in [-0.05, 0) is 61.4 Å². The summed E-state index contributed by atoms with van der Waals surface area (Å²) in [5.41, 5.74) is 0.365. The molecule has 2 heterocycles. The van der Waals surface area contributed by atoms with Gasteiger partial charge in [-0.2, -0.15) is 13.2 Å². The molecule has 0 unspecified atom stereocenters. The summed E-state index contributed by atoms with van der Waals surface area (Å²) in [6.07, 6.45) is -4.52. The van der Waals surface area contributed by atoms with E-state index < -0.39 is 33.3 Å². The van der Waals surface area contributed by atoms with Crippen molar-refractivity contribution in [1.29, 1.82) is 0 Å². The number of hydrogen-bond acceptors (Lipinski definition) is 6. The maximum absolute atomic E-state index is 13.8. The molecule has 198 valence electrons. The Morgan fingerprint density at radius 2 is 1.68 bits per heavy atom. The Hall–Kier alpha value is -3.57. The zero-order valence-corrected chi connectivity index (χ0v) is 21.6. The fourth-order valence-corrected chi connectivity index (χ4v) is 6.28. The van der Waals surface area contributed by atoms with Gasteiger partial charge in [0.25, 0.3) is 10.0 Å². The summed E-state index contributed by atoms with van der Waals surface area (Å²) in [6, 6.07) is 13.6. The fraction of sp³-hybridized carbons (Fsp3) is 0.231. The van der Waals surface area contributed by atoms with E-state index in [9.17, 15) is 26.4 Å². The van der Waals surface area contributed by atoms with Gasteiger partial charge in [0.1, 0.15) is 17.1 Å². The summed E-state index contributed by atoms with van der Waals surface area (Å²) in [5, 5.41) is 3.77. The van der Waals surface area contributed by atoms with Crippen LogP contribution in [0.3, 0.4) is 0 Å². The molecule has 0 aliphatic carbocycles. The molecule has 0 N–H and O–H groups in total.